The van der Waals surface area contributed by atoms with Gasteiger partial charge in [0.15, 0.2) is 0 Å². The molecule has 0 unspecified atom stereocenters. The standard InChI is InChI=1S/C11H23N3O/c1-4-5-11(12)7-14(8-11)6-10(15)13-9(2)3/h9H,4-8,12H2,1-3H3,(H,13,15). The zero-order chi connectivity index (χ0) is 11.5. The largest absolute Gasteiger partial charge is 0.353 e. The highest BCUT2D eigenvalue weighted by Crippen LogP contribution is 2.22. The normalized spacial score (nSPS) is 20.1. The van der Waals surface area contributed by atoms with Crippen LogP contribution in [-0.4, -0.2) is 42.0 Å². The molecule has 4 heteroatoms. The minimum Gasteiger partial charge on any atom is -0.353 e. The highest BCUT2D eigenvalue weighted by molar-refractivity contribution is 5.78. The van der Waals surface area contributed by atoms with Crippen LogP contribution in [0.3, 0.4) is 0 Å². The number of hydrogen-bond donors (Lipinski definition) is 2. The van der Waals surface area contributed by atoms with E-state index >= 15 is 0 Å². The Kier molecular flexibility index (Phi) is 4.11. The Morgan fingerprint density at radius 2 is 2.13 bits per heavy atom. The van der Waals surface area contributed by atoms with Gasteiger partial charge in [0.05, 0.1) is 6.54 Å². The number of carbonyl (C=O) groups excluding carboxylic acids is 1. The maximum atomic E-state index is 11.4. The first-order chi connectivity index (χ1) is 6.95. The number of carbonyl (C=O) groups is 1. The molecular weight excluding hydrogens is 190 g/mol. The topological polar surface area (TPSA) is 58.4 Å². The maximum Gasteiger partial charge on any atom is 0.234 e. The van der Waals surface area contributed by atoms with Crippen molar-refractivity contribution in [3.63, 3.8) is 0 Å². The van der Waals surface area contributed by atoms with Gasteiger partial charge in [0, 0.05) is 24.7 Å². The van der Waals surface area contributed by atoms with E-state index in [1.54, 1.807) is 0 Å². The highest BCUT2D eigenvalue weighted by atomic mass is 16.2. The summed E-state index contributed by atoms with van der Waals surface area (Å²) in [5, 5.41) is 2.88. The van der Waals surface area contributed by atoms with Crippen LogP contribution in [0.1, 0.15) is 33.6 Å². The van der Waals surface area contributed by atoms with E-state index in [1.807, 2.05) is 13.8 Å². The van der Waals surface area contributed by atoms with E-state index in [-0.39, 0.29) is 17.5 Å². The molecule has 0 bridgehead atoms. The first-order valence-corrected chi connectivity index (χ1v) is 5.76. The number of nitrogens with zero attached hydrogens (tertiary/aromatic N) is 1. The van der Waals surface area contributed by atoms with E-state index in [9.17, 15) is 4.79 Å². The molecule has 1 rings (SSSR count). The van der Waals surface area contributed by atoms with E-state index in [0.717, 1.165) is 25.9 Å². The number of amides is 1. The number of likely N-dealkylation sites (tertiary alicyclic amines) is 1. The van der Waals surface area contributed by atoms with Crippen LogP contribution < -0.4 is 11.1 Å². The van der Waals surface area contributed by atoms with E-state index in [4.69, 9.17) is 5.73 Å². The fraction of sp³-hybridized carbons (Fsp3) is 0.909. The van der Waals surface area contributed by atoms with Crippen LogP contribution >= 0.6 is 0 Å². The molecule has 1 aliphatic heterocycles. The van der Waals surface area contributed by atoms with Crippen molar-refractivity contribution in [2.75, 3.05) is 19.6 Å². The van der Waals surface area contributed by atoms with Gasteiger partial charge in [-0.2, -0.15) is 0 Å². The van der Waals surface area contributed by atoms with Crippen LogP contribution in [0.25, 0.3) is 0 Å². The van der Waals surface area contributed by atoms with Crippen molar-refractivity contribution < 1.29 is 4.79 Å². The predicted octanol–water partition coefficient (Wildman–Crippen LogP) is 0.324. The zero-order valence-electron chi connectivity index (χ0n) is 10.0. The Balaban J connectivity index is 2.19. The van der Waals surface area contributed by atoms with Crippen molar-refractivity contribution in [2.24, 2.45) is 5.73 Å². The van der Waals surface area contributed by atoms with Gasteiger partial charge in [-0.3, -0.25) is 9.69 Å². The molecule has 0 radical (unpaired) electrons. The lowest BCUT2D eigenvalue weighted by Crippen LogP contribution is -2.68. The molecule has 1 saturated heterocycles. The Morgan fingerprint density at radius 3 is 2.60 bits per heavy atom. The summed E-state index contributed by atoms with van der Waals surface area (Å²) in [7, 11) is 0. The second kappa shape index (κ2) is 4.94. The van der Waals surface area contributed by atoms with Crippen molar-refractivity contribution in [1.82, 2.24) is 10.2 Å². The first-order valence-electron chi connectivity index (χ1n) is 5.76. The van der Waals surface area contributed by atoms with Crippen molar-refractivity contribution in [1.29, 1.82) is 0 Å². The predicted molar refractivity (Wildman–Crippen MR) is 61.5 cm³/mol. The minimum atomic E-state index is -0.0349. The van der Waals surface area contributed by atoms with E-state index < -0.39 is 0 Å². The van der Waals surface area contributed by atoms with Crippen molar-refractivity contribution in [2.45, 2.75) is 45.2 Å². The zero-order valence-corrected chi connectivity index (χ0v) is 10.0. The Labute approximate surface area is 92.2 Å². The lowest BCUT2D eigenvalue weighted by molar-refractivity contribution is -0.124. The molecule has 0 aromatic carbocycles. The lowest BCUT2D eigenvalue weighted by Gasteiger charge is -2.47. The van der Waals surface area contributed by atoms with Gasteiger partial charge in [-0.05, 0) is 20.3 Å². The molecule has 0 aromatic heterocycles. The summed E-state index contributed by atoms with van der Waals surface area (Å²) < 4.78 is 0. The molecule has 0 atom stereocenters. The number of nitrogens with one attached hydrogen (secondary N) is 1. The quantitative estimate of drug-likeness (QED) is 0.691. The summed E-state index contributed by atoms with van der Waals surface area (Å²) in [6.07, 6.45) is 2.16. The molecule has 0 spiro atoms. The van der Waals surface area contributed by atoms with Crippen molar-refractivity contribution in [3.8, 4) is 0 Å². The summed E-state index contributed by atoms with van der Waals surface area (Å²) in [5.41, 5.74) is 6.07. The number of rotatable bonds is 5. The van der Waals surface area contributed by atoms with Crippen molar-refractivity contribution in [3.05, 3.63) is 0 Å². The van der Waals surface area contributed by atoms with Gasteiger partial charge in [0.1, 0.15) is 0 Å². The molecule has 1 fully saturated rings. The van der Waals surface area contributed by atoms with Crippen LogP contribution in [0.4, 0.5) is 0 Å². The van der Waals surface area contributed by atoms with Crippen LogP contribution in [0.2, 0.25) is 0 Å². The fourth-order valence-corrected chi connectivity index (χ4v) is 2.18. The Morgan fingerprint density at radius 1 is 1.53 bits per heavy atom. The number of nitrogens with two attached hydrogens (primary N) is 1. The smallest absolute Gasteiger partial charge is 0.234 e. The van der Waals surface area contributed by atoms with Gasteiger partial charge >= 0.3 is 0 Å². The van der Waals surface area contributed by atoms with Crippen molar-refractivity contribution >= 4 is 5.91 Å². The SMILES string of the molecule is CCCC1(N)CN(CC(=O)NC(C)C)C1. The van der Waals surface area contributed by atoms with Gasteiger partial charge in [-0.25, -0.2) is 0 Å². The molecule has 1 aliphatic rings. The van der Waals surface area contributed by atoms with Gasteiger partial charge in [0.25, 0.3) is 0 Å². The van der Waals surface area contributed by atoms with Crippen LogP contribution in [0, 0.1) is 0 Å². The average Bonchev–Trinajstić information content (AvgIpc) is 1.99. The van der Waals surface area contributed by atoms with Gasteiger partial charge in [-0.1, -0.05) is 13.3 Å². The molecule has 0 aliphatic carbocycles. The first kappa shape index (κ1) is 12.5. The summed E-state index contributed by atoms with van der Waals surface area (Å²) in [6.45, 7) is 8.28. The average molecular weight is 213 g/mol. The van der Waals surface area contributed by atoms with Crippen LogP contribution in [0.5, 0.6) is 0 Å². The van der Waals surface area contributed by atoms with Gasteiger partial charge < -0.3 is 11.1 Å². The van der Waals surface area contributed by atoms with Crippen LogP contribution in [0.15, 0.2) is 0 Å². The molecule has 1 amide bonds. The molecule has 3 N–H and O–H groups in total. The molecule has 88 valence electrons. The van der Waals surface area contributed by atoms with E-state index in [1.165, 1.54) is 0 Å². The summed E-state index contributed by atoms with van der Waals surface area (Å²) in [4.78, 5) is 13.5. The van der Waals surface area contributed by atoms with Gasteiger partial charge in [0.2, 0.25) is 5.91 Å². The maximum absolute atomic E-state index is 11.4. The summed E-state index contributed by atoms with van der Waals surface area (Å²) in [5.74, 6) is 0.101. The second-order valence-electron chi connectivity index (χ2n) is 4.98. The monoisotopic (exact) mass is 213 g/mol. The number of hydrogen-bond acceptors (Lipinski definition) is 3. The third-order valence-electron chi connectivity index (χ3n) is 2.64. The molecule has 4 nitrogen and oxygen atoms in total. The van der Waals surface area contributed by atoms with E-state index in [0.29, 0.717) is 6.54 Å². The molecule has 15 heavy (non-hydrogen) atoms. The van der Waals surface area contributed by atoms with Gasteiger partial charge in [-0.15, -0.1) is 0 Å². The Bertz CT molecular complexity index is 222. The molecule has 0 saturated carbocycles. The highest BCUT2D eigenvalue weighted by Gasteiger charge is 2.38. The van der Waals surface area contributed by atoms with Crippen LogP contribution in [-0.2, 0) is 4.79 Å². The van der Waals surface area contributed by atoms with E-state index in [2.05, 4.69) is 17.1 Å². The summed E-state index contributed by atoms with van der Waals surface area (Å²) in [6, 6.07) is 0.219. The second-order valence-corrected chi connectivity index (χ2v) is 4.98. The lowest BCUT2D eigenvalue weighted by atomic mass is 9.86. The minimum absolute atomic E-state index is 0.0349. The molecule has 0 aromatic rings. The molecule has 1 heterocycles. The fourth-order valence-electron chi connectivity index (χ4n) is 2.18. The summed E-state index contributed by atoms with van der Waals surface area (Å²) >= 11 is 0. The Hall–Kier alpha value is -0.610. The molecular formula is C11H23N3O. The third kappa shape index (κ3) is 3.80. The third-order valence-corrected chi connectivity index (χ3v) is 2.64.